The first-order valence-corrected chi connectivity index (χ1v) is 10.2. The van der Waals surface area contributed by atoms with E-state index >= 15 is 0 Å². The molecule has 29 heavy (non-hydrogen) atoms. The van der Waals surface area contributed by atoms with Gasteiger partial charge in [-0.2, -0.15) is 0 Å². The van der Waals surface area contributed by atoms with Crippen LogP contribution in [0.15, 0.2) is 78.3 Å². The average Bonchev–Trinajstić information content (AvgIpc) is 3.43. The number of H-pyrrole nitrogens is 1. The van der Waals surface area contributed by atoms with E-state index in [1.165, 1.54) is 11.3 Å². The smallest absolute Gasteiger partial charge is 0.408 e. The number of aromatic amines is 1. The molecule has 0 saturated carbocycles. The number of carbonyl (C=O) groups is 2. The molecule has 5 nitrogen and oxygen atoms in total. The highest BCUT2D eigenvalue weighted by molar-refractivity contribution is 7.12. The van der Waals surface area contributed by atoms with Gasteiger partial charge in [0.15, 0.2) is 5.78 Å². The Morgan fingerprint density at radius 2 is 1.79 bits per heavy atom. The molecule has 2 N–H and O–H groups in total. The highest BCUT2D eigenvalue weighted by Crippen LogP contribution is 2.21. The van der Waals surface area contributed by atoms with Crippen molar-refractivity contribution < 1.29 is 14.3 Å². The summed E-state index contributed by atoms with van der Waals surface area (Å²) < 4.78 is 5.33. The summed E-state index contributed by atoms with van der Waals surface area (Å²) in [6.45, 7) is 0.152. The van der Waals surface area contributed by atoms with E-state index in [-0.39, 0.29) is 12.4 Å². The highest BCUT2D eigenvalue weighted by Gasteiger charge is 2.25. The number of carbonyl (C=O) groups excluding carboxylic acids is 2. The normalized spacial score (nSPS) is 11.9. The van der Waals surface area contributed by atoms with Gasteiger partial charge in [-0.1, -0.05) is 54.6 Å². The largest absolute Gasteiger partial charge is 0.445 e. The fourth-order valence-corrected chi connectivity index (χ4v) is 3.95. The van der Waals surface area contributed by atoms with E-state index in [0.29, 0.717) is 11.3 Å². The summed E-state index contributed by atoms with van der Waals surface area (Å²) in [6, 6.07) is 20.2. The zero-order valence-electron chi connectivity index (χ0n) is 15.6. The maximum atomic E-state index is 13.0. The van der Waals surface area contributed by atoms with Gasteiger partial charge in [-0.15, -0.1) is 11.3 Å². The van der Waals surface area contributed by atoms with Crippen molar-refractivity contribution in [3.05, 3.63) is 94.3 Å². The number of hydrogen-bond acceptors (Lipinski definition) is 4. The van der Waals surface area contributed by atoms with Crippen LogP contribution in [0, 0.1) is 0 Å². The van der Waals surface area contributed by atoms with Gasteiger partial charge in [0.2, 0.25) is 0 Å². The van der Waals surface area contributed by atoms with E-state index in [1.807, 2.05) is 72.2 Å². The molecule has 0 spiro atoms. The van der Waals surface area contributed by atoms with Crippen LogP contribution in [0.3, 0.4) is 0 Å². The first kappa shape index (κ1) is 19.0. The summed E-state index contributed by atoms with van der Waals surface area (Å²) in [4.78, 5) is 29.2. The van der Waals surface area contributed by atoms with Gasteiger partial charge in [-0.05, 0) is 28.6 Å². The third kappa shape index (κ3) is 4.55. The molecule has 146 valence electrons. The predicted molar refractivity (Wildman–Crippen MR) is 114 cm³/mol. The fraction of sp³-hybridized carbons (Fsp3) is 0.130. The molecule has 0 aliphatic heterocycles. The quantitative estimate of drug-likeness (QED) is 0.428. The van der Waals surface area contributed by atoms with Crippen LogP contribution < -0.4 is 5.32 Å². The number of rotatable bonds is 7. The highest BCUT2D eigenvalue weighted by atomic mass is 32.1. The van der Waals surface area contributed by atoms with Crippen molar-refractivity contribution in [3.63, 3.8) is 0 Å². The van der Waals surface area contributed by atoms with Crippen molar-refractivity contribution >= 4 is 34.1 Å². The van der Waals surface area contributed by atoms with E-state index in [0.717, 1.165) is 22.0 Å². The second-order valence-electron chi connectivity index (χ2n) is 6.66. The first-order valence-electron chi connectivity index (χ1n) is 9.30. The Kier molecular flexibility index (Phi) is 5.72. The van der Waals surface area contributed by atoms with E-state index in [1.54, 1.807) is 6.07 Å². The number of thiophene rings is 1. The van der Waals surface area contributed by atoms with Gasteiger partial charge in [-0.3, -0.25) is 4.79 Å². The Morgan fingerprint density at radius 1 is 1.00 bits per heavy atom. The molecule has 0 radical (unpaired) electrons. The molecule has 0 aliphatic rings. The van der Waals surface area contributed by atoms with Crippen molar-refractivity contribution in [2.45, 2.75) is 19.1 Å². The van der Waals surface area contributed by atoms with E-state index in [9.17, 15) is 9.59 Å². The van der Waals surface area contributed by atoms with Crippen molar-refractivity contribution in [1.82, 2.24) is 10.3 Å². The van der Waals surface area contributed by atoms with Crippen LogP contribution in [-0.2, 0) is 17.8 Å². The zero-order valence-corrected chi connectivity index (χ0v) is 16.4. The molecule has 4 rings (SSSR count). The van der Waals surface area contributed by atoms with E-state index in [4.69, 9.17) is 4.74 Å². The van der Waals surface area contributed by atoms with Crippen LogP contribution in [0.2, 0.25) is 0 Å². The SMILES string of the molecule is O=C(N[C@@H](Cc1c[nH]c2ccccc12)C(=O)c1cccs1)OCc1ccccc1. The number of para-hydroxylation sites is 1. The van der Waals surface area contributed by atoms with Crippen LogP contribution in [0.5, 0.6) is 0 Å². The summed E-state index contributed by atoms with van der Waals surface area (Å²) in [7, 11) is 0. The lowest BCUT2D eigenvalue weighted by molar-refractivity contribution is 0.0920. The predicted octanol–water partition coefficient (Wildman–Crippen LogP) is 4.95. The number of benzene rings is 2. The molecule has 6 heteroatoms. The molecular formula is C23H20N2O3S. The van der Waals surface area contributed by atoms with E-state index < -0.39 is 12.1 Å². The number of hydrogen-bond donors (Lipinski definition) is 2. The molecule has 2 aromatic carbocycles. The summed E-state index contributed by atoms with van der Waals surface area (Å²) in [5.74, 6) is -0.123. The van der Waals surface area contributed by atoms with E-state index in [2.05, 4.69) is 10.3 Å². The molecule has 0 bridgehead atoms. The number of ether oxygens (including phenoxy) is 1. The Labute approximate surface area is 172 Å². The lowest BCUT2D eigenvalue weighted by Gasteiger charge is -2.17. The Hall–Kier alpha value is -3.38. The third-order valence-corrected chi connectivity index (χ3v) is 5.57. The molecule has 2 heterocycles. The van der Waals surface area contributed by atoms with Gasteiger partial charge in [0, 0.05) is 23.5 Å². The maximum absolute atomic E-state index is 13.0. The number of aromatic nitrogens is 1. The zero-order chi connectivity index (χ0) is 20.1. The van der Waals surface area contributed by atoms with Crippen LogP contribution >= 0.6 is 11.3 Å². The number of nitrogens with one attached hydrogen (secondary N) is 2. The third-order valence-electron chi connectivity index (χ3n) is 4.68. The van der Waals surface area contributed by atoms with Crippen molar-refractivity contribution in [2.24, 2.45) is 0 Å². The van der Waals surface area contributed by atoms with Crippen LogP contribution in [0.4, 0.5) is 4.79 Å². The molecule has 4 aromatic rings. The van der Waals surface area contributed by atoms with Crippen molar-refractivity contribution in [1.29, 1.82) is 0 Å². The molecule has 1 atom stereocenters. The molecule has 0 unspecified atom stereocenters. The van der Waals surface area contributed by atoms with Crippen molar-refractivity contribution in [2.75, 3.05) is 0 Å². The number of Topliss-reactive ketones (excluding diaryl/α,β-unsaturated/α-hetero) is 1. The van der Waals surface area contributed by atoms with Gasteiger partial charge in [0.25, 0.3) is 0 Å². The molecule has 1 amide bonds. The lowest BCUT2D eigenvalue weighted by Crippen LogP contribution is -2.42. The van der Waals surface area contributed by atoms with Gasteiger partial charge < -0.3 is 15.0 Å². The summed E-state index contributed by atoms with van der Waals surface area (Å²) in [5.41, 5.74) is 2.86. The van der Waals surface area contributed by atoms with Gasteiger partial charge in [-0.25, -0.2) is 4.79 Å². The minimum atomic E-state index is -0.712. The Morgan fingerprint density at radius 3 is 2.59 bits per heavy atom. The summed E-state index contributed by atoms with van der Waals surface area (Å²) in [6.07, 6.45) is 1.65. The van der Waals surface area contributed by atoms with Crippen LogP contribution in [-0.4, -0.2) is 22.9 Å². The molecular weight excluding hydrogens is 384 g/mol. The average molecular weight is 404 g/mol. The number of ketones is 1. The molecule has 0 aliphatic carbocycles. The number of amides is 1. The summed E-state index contributed by atoms with van der Waals surface area (Å²) in [5, 5.41) is 5.65. The maximum Gasteiger partial charge on any atom is 0.408 e. The monoisotopic (exact) mass is 404 g/mol. The van der Waals surface area contributed by atoms with Crippen molar-refractivity contribution in [3.8, 4) is 0 Å². The minimum Gasteiger partial charge on any atom is -0.445 e. The standard InChI is InChI=1S/C23H20N2O3S/c26-22(21-11-6-12-29-21)20(13-17-14-24-19-10-5-4-9-18(17)19)25-23(27)28-15-16-7-2-1-3-8-16/h1-12,14,20,24H,13,15H2,(H,25,27)/t20-/m0/s1. The topological polar surface area (TPSA) is 71.2 Å². The lowest BCUT2D eigenvalue weighted by atomic mass is 10.0. The van der Waals surface area contributed by atoms with Gasteiger partial charge in [0.05, 0.1) is 4.88 Å². The first-order chi connectivity index (χ1) is 14.2. The van der Waals surface area contributed by atoms with Gasteiger partial charge >= 0.3 is 6.09 Å². The molecule has 2 aromatic heterocycles. The molecule has 0 fully saturated rings. The van der Waals surface area contributed by atoms with Crippen LogP contribution in [0.1, 0.15) is 20.8 Å². The van der Waals surface area contributed by atoms with Crippen LogP contribution in [0.25, 0.3) is 10.9 Å². The fourth-order valence-electron chi connectivity index (χ4n) is 3.23. The Balaban J connectivity index is 1.50. The second-order valence-corrected chi connectivity index (χ2v) is 7.61. The number of alkyl carbamates (subject to hydrolysis) is 1. The summed E-state index contributed by atoms with van der Waals surface area (Å²) >= 11 is 1.36. The molecule has 0 saturated heterocycles. The number of fused-ring (bicyclic) bond motifs is 1. The van der Waals surface area contributed by atoms with Gasteiger partial charge in [0.1, 0.15) is 12.6 Å². The Bertz CT molecular complexity index is 1100. The second kappa shape index (κ2) is 8.75. The minimum absolute atomic E-state index is 0.123.